The summed E-state index contributed by atoms with van der Waals surface area (Å²) in [6.07, 6.45) is 1.75. The molecule has 18 nitrogen and oxygen atoms in total. The van der Waals surface area contributed by atoms with Gasteiger partial charge in [-0.25, -0.2) is 9.78 Å². The minimum absolute atomic E-state index is 0.128. The van der Waals surface area contributed by atoms with Crippen molar-refractivity contribution in [2.45, 2.75) is 62.7 Å². The van der Waals surface area contributed by atoms with Crippen molar-refractivity contribution in [3.8, 4) is 0 Å². The molecule has 0 aliphatic carbocycles. The fourth-order valence-electron chi connectivity index (χ4n) is 3.26. The predicted octanol–water partition coefficient (Wildman–Crippen LogP) is -4.99. The number of nitrogens with zero attached hydrogens (tertiary/aromatic N) is 2. The van der Waals surface area contributed by atoms with E-state index in [9.17, 15) is 33.9 Å². The van der Waals surface area contributed by atoms with Crippen LogP contribution in [0, 0.1) is 0 Å². The van der Waals surface area contributed by atoms with Gasteiger partial charge in [0.05, 0.1) is 18.8 Å². The Morgan fingerprint density at radius 3 is 2.05 bits per heavy atom. The molecule has 0 aliphatic heterocycles. The lowest BCUT2D eigenvalue weighted by atomic mass is 10.1. The van der Waals surface area contributed by atoms with Crippen molar-refractivity contribution >= 4 is 41.5 Å². The van der Waals surface area contributed by atoms with Gasteiger partial charge in [0, 0.05) is 31.3 Å². The minimum Gasteiger partial charge on any atom is -0.480 e. The Morgan fingerprint density at radius 1 is 0.897 bits per heavy atom. The molecule has 1 rings (SSSR count). The van der Waals surface area contributed by atoms with Gasteiger partial charge in [-0.1, -0.05) is 0 Å². The molecule has 0 saturated heterocycles. The highest BCUT2D eigenvalue weighted by Gasteiger charge is 2.31. The lowest BCUT2D eigenvalue weighted by Crippen LogP contribution is -2.58. The average Bonchev–Trinajstić information content (AvgIpc) is 3.35. The molecule has 1 aromatic heterocycles. The Bertz CT molecular complexity index is 1040. The molecule has 0 bridgehead atoms. The number of aliphatic imine (C=N–C) groups is 1. The van der Waals surface area contributed by atoms with Crippen LogP contribution in [-0.4, -0.2) is 87.3 Å². The van der Waals surface area contributed by atoms with E-state index in [-0.39, 0.29) is 38.2 Å². The molecule has 5 amide bonds. The van der Waals surface area contributed by atoms with E-state index in [1.807, 2.05) is 0 Å². The summed E-state index contributed by atoms with van der Waals surface area (Å²) in [7, 11) is 0. The lowest BCUT2D eigenvalue weighted by molar-refractivity contribution is -0.142. The fraction of sp³-hybridized carbons (Fsp3) is 0.524. The van der Waals surface area contributed by atoms with E-state index in [4.69, 9.17) is 28.7 Å². The van der Waals surface area contributed by atoms with E-state index in [1.165, 1.54) is 12.5 Å². The zero-order chi connectivity index (χ0) is 29.5. The molecule has 216 valence electrons. The number of carboxylic acid groups (broad SMARTS) is 1. The van der Waals surface area contributed by atoms with Crippen molar-refractivity contribution in [1.29, 1.82) is 0 Å². The number of rotatable bonds is 18. The van der Waals surface area contributed by atoms with E-state index in [2.05, 4.69) is 30.9 Å². The van der Waals surface area contributed by atoms with Crippen LogP contribution < -0.4 is 44.6 Å². The molecule has 18 heteroatoms. The van der Waals surface area contributed by atoms with Gasteiger partial charge >= 0.3 is 5.97 Å². The van der Waals surface area contributed by atoms with Crippen LogP contribution in [0.4, 0.5) is 0 Å². The quantitative estimate of drug-likeness (QED) is 0.0466. The van der Waals surface area contributed by atoms with Crippen molar-refractivity contribution in [2.75, 3.05) is 6.54 Å². The molecule has 4 unspecified atom stereocenters. The molecule has 1 heterocycles. The highest BCUT2D eigenvalue weighted by Crippen LogP contribution is 2.05. The summed E-state index contributed by atoms with van der Waals surface area (Å²) in [6.45, 7) is 0.211. The highest BCUT2D eigenvalue weighted by molar-refractivity contribution is 5.96. The maximum Gasteiger partial charge on any atom is 0.326 e. The highest BCUT2D eigenvalue weighted by atomic mass is 16.4. The van der Waals surface area contributed by atoms with Crippen molar-refractivity contribution in [2.24, 2.45) is 33.7 Å². The van der Waals surface area contributed by atoms with Gasteiger partial charge in [-0.15, -0.1) is 0 Å². The number of H-pyrrole nitrogens is 1. The zero-order valence-corrected chi connectivity index (χ0v) is 21.1. The Hall–Kier alpha value is -4.74. The van der Waals surface area contributed by atoms with Crippen molar-refractivity contribution in [1.82, 2.24) is 25.9 Å². The summed E-state index contributed by atoms with van der Waals surface area (Å²) < 4.78 is 0. The number of nitrogens with one attached hydrogen (secondary N) is 4. The standard InChI is InChI=1S/C21H35N11O7/c22-11(2-1-5-28-21(25)26)17(35)31-13(7-16(24)34)19(37)30-12(3-4-15(23)33)18(36)32-14(20(38)39)6-10-8-27-9-29-10/h8-9,11-14H,1-7,22H2,(H2,23,33)(H2,24,34)(H,27,29)(H,30,37)(H,31,35)(H,32,36)(H,38,39)(H4,25,26,28). The molecule has 15 N–H and O–H groups in total. The minimum atomic E-state index is -1.53. The molecule has 0 saturated carbocycles. The number of carboxylic acids is 1. The Kier molecular flexibility index (Phi) is 13.4. The van der Waals surface area contributed by atoms with Crippen molar-refractivity contribution in [3.63, 3.8) is 0 Å². The van der Waals surface area contributed by atoms with Gasteiger partial charge in [-0.2, -0.15) is 0 Å². The number of amides is 5. The van der Waals surface area contributed by atoms with E-state index in [1.54, 1.807) is 0 Å². The summed E-state index contributed by atoms with van der Waals surface area (Å²) in [4.78, 5) is 83.2. The maximum atomic E-state index is 13.0. The van der Waals surface area contributed by atoms with E-state index in [0.29, 0.717) is 12.1 Å². The fourth-order valence-corrected chi connectivity index (χ4v) is 3.26. The number of carbonyl (C=O) groups is 6. The van der Waals surface area contributed by atoms with Crippen LogP contribution in [0.15, 0.2) is 17.5 Å². The third-order valence-corrected chi connectivity index (χ3v) is 5.25. The third kappa shape index (κ3) is 12.9. The smallest absolute Gasteiger partial charge is 0.326 e. The number of primary amides is 2. The molecule has 0 spiro atoms. The predicted molar refractivity (Wildman–Crippen MR) is 136 cm³/mol. The average molecular weight is 554 g/mol. The van der Waals surface area contributed by atoms with Crippen LogP contribution >= 0.6 is 0 Å². The number of hydrogen-bond donors (Lipinski definition) is 10. The molecule has 0 aromatic carbocycles. The number of carbonyl (C=O) groups excluding carboxylic acids is 5. The first-order valence-corrected chi connectivity index (χ1v) is 11.8. The largest absolute Gasteiger partial charge is 0.480 e. The second kappa shape index (κ2) is 16.2. The van der Waals surface area contributed by atoms with Gasteiger partial charge in [0.15, 0.2) is 5.96 Å². The van der Waals surface area contributed by atoms with Gasteiger partial charge in [0.1, 0.15) is 18.1 Å². The maximum absolute atomic E-state index is 13.0. The van der Waals surface area contributed by atoms with Crippen LogP contribution in [-0.2, 0) is 35.2 Å². The third-order valence-electron chi connectivity index (χ3n) is 5.25. The van der Waals surface area contributed by atoms with E-state index in [0.717, 1.165) is 0 Å². The van der Waals surface area contributed by atoms with Crippen LogP contribution in [0.1, 0.15) is 37.8 Å². The van der Waals surface area contributed by atoms with Gasteiger partial charge in [0.25, 0.3) is 0 Å². The number of aromatic amines is 1. The van der Waals surface area contributed by atoms with Crippen LogP contribution in [0.25, 0.3) is 0 Å². The Labute approximate surface area is 222 Å². The molecule has 0 fully saturated rings. The molecular weight excluding hydrogens is 518 g/mol. The normalized spacial score (nSPS) is 13.7. The summed E-state index contributed by atoms with van der Waals surface area (Å²) in [5.41, 5.74) is 27.1. The number of nitrogens with two attached hydrogens (primary N) is 5. The molecule has 1 aromatic rings. The Balaban J connectivity index is 2.96. The summed E-state index contributed by atoms with van der Waals surface area (Å²) in [6, 6.07) is -5.48. The second-order valence-electron chi connectivity index (χ2n) is 8.53. The van der Waals surface area contributed by atoms with Crippen LogP contribution in [0.2, 0.25) is 0 Å². The van der Waals surface area contributed by atoms with E-state index < -0.39 is 66.1 Å². The second-order valence-corrected chi connectivity index (χ2v) is 8.53. The summed E-state index contributed by atoms with van der Waals surface area (Å²) in [5.74, 6) is -5.96. The molecule has 0 aliphatic rings. The number of aromatic nitrogens is 2. The van der Waals surface area contributed by atoms with Crippen LogP contribution in [0.3, 0.4) is 0 Å². The van der Waals surface area contributed by atoms with Crippen molar-refractivity contribution in [3.05, 3.63) is 18.2 Å². The number of hydrogen-bond acceptors (Lipinski definition) is 9. The molecular formula is C21H35N11O7. The zero-order valence-electron chi connectivity index (χ0n) is 21.1. The first-order valence-electron chi connectivity index (χ1n) is 11.8. The molecule has 0 radical (unpaired) electrons. The van der Waals surface area contributed by atoms with Gasteiger partial charge in [-0.3, -0.25) is 29.0 Å². The molecule has 4 atom stereocenters. The van der Waals surface area contributed by atoms with Gasteiger partial charge in [-0.05, 0) is 19.3 Å². The SMILES string of the molecule is NC(=O)CCC(NC(=O)C(CC(N)=O)NC(=O)C(N)CCCN=C(N)N)C(=O)NC(Cc1cnc[nH]1)C(=O)O. The number of aliphatic carboxylic acids is 1. The van der Waals surface area contributed by atoms with Gasteiger partial charge < -0.3 is 54.7 Å². The van der Waals surface area contributed by atoms with Crippen molar-refractivity contribution < 1.29 is 33.9 Å². The first kappa shape index (κ1) is 32.3. The van der Waals surface area contributed by atoms with Gasteiger partial charge in [0.2, 0.25) is 29.5 Å². The first-order chi connectivity index (χ1) is 18.3. The number of guanidine groups is 1. The Morgan fingerprint density at radius 2 is 1.51 bits per heavy atom. The molecule has 39 heavy (non-hydrogen) atoms. The number of imidazole rings is 1. The van der Waals surface area contributed by atoms with Crippen LogP contribution in [0.5, 0.6) is 0 Å². The monoisotopic (exact) mass is 553 g/mol. The topological polar surface area (TPSA) is 330 Å². The summed E-state index contributed by atoms with van der Waals surface area (Å²) >= 11 is 0. The summed E-state index contributed by atoms with van der Waals surface area (Å²) in [5, 5.41) is 16.4. The van der Waals surface area contributed by atoms with E-state index >= 15 is 0 Å². The lowest BCUT2D eigenvalue weighted by Gasteiger charge is -2.24.